The number of Topliss-reactive ketones (excluding diaryl/α,β-unsaturated/α-hetero) is 1. The van der Waals surface area contributed by atoms with Crippen LogP contribution in [0.25, 0.3) is 0 Å². The molecule has 6 nitrogen and oxygen atoms in total. The third kappa shape index (κ3) is 4.71. The number of benzene rings is 1. The van der Waals surface area contributed by atoms with Gasteiger partial charge in [-0.05, 0) is 43.0 Å². The molecule has 1 amide bonds. The van der Waals surface area contributed by atoms with Crippen molar-refractivity contribution in [2.75, 3.05) is 20.2 Å². The summed E-state index contributed by atoms with van der Waals surface area (Å²) in [6.07, 6.45) is 8.18. The maximum absolute atomic E-state index is 12.5. The molecule has 1 saturated heterocycles. The van der Waals surface area contributed by atoms with Gasteiger partial charge in [0, 0.05) is 50.4 Å². The van der Waals surface area contributed by atoms with Gasteiger partial charge in [0.15, 0.2) is 5.78 Å². The molecule has 2 heterocycles. The van der Waals surface area contributed by atoms with Gasteiger partial charge < -0.3 is 14.2 Å². The van der Waals surface area contributed by atoms with Crippen LogP contribution in [0.1, 0.15) is 36.0 Å². The zero-order valence-corrected chi connectivity index (χ0v) is 15.1. The van der Waals surface area contributed by atoms with Gasteiger partial charge in [-0.25, -0.2) is 4.98 Å². The summed E-state index contributed by atoms with van der Waals surface area (Å²) < 4.78 is 7.16. The number of ether oxygens (including phenoxy) is 1. The number of hydrogen-bond acceptors (Lipinski definition) is 4. The molecule has 0 N–H and O–H groups in total. The molecule has 0 radical (unpaired) electrons. The fraction of sp³-hybridized carbons (Fsp3) is 0.450. The van der Waals surface area contributed by atoms with Crippen LogP contribution in [0.15, 0.2) is 43.0 Å². The number of rotatable bonds is 7. The molecule has 1 aliphatic rings. The third-order valence-corrected chi connectivity index (χ3v) is 4.88. The molecule has 0 aliphatic carbocycles. The van der Waals surface area contributed by atoms with E-state index in [-0.39, 0.29) is 24.5 Å². The Labute approximate surface area is 153 Å². The van der Waals surface area contributed by atoms with E-state index in [1.165, 1.54) is 0 Å². The second kappa shape index (κ2) is 8.65. The molecule has 1 aliphatic heterocycles. The fourth-order valence-electron chi connectivity index (χ4n) is 3.43. The lowest BCUT2D eigenvalue weighted by atomic mass is 9.97. The molecule has 6 heteroatoms. The number of ketones is 1. The number of piperidine rings is 1. The predicted molar refractivity (Wildman–Crippen MR) is 98.1 cm³/mol. The summed E-state index contributed by atoms with van der Waals surface area (Å²) in [7, 11) is 1.59. The van der Waals surface area contributed by atoms with Crippen LogP contribution >= 0.6 is 0 Å². The molecular formula is C20H25N3O3. The molecule has 0 spiro atoms. The van der Waals surface area contributed by atoms with Gasteiger partial charge in [0.1, 0.15) is 5.75 Å². The van der Waals surface area contributed by atoms with Gasteiger partial charge in [0.25, 0.3) is 0 Å². The van der Waals surface area contributed by atoms with Crippen LogP contribution in [0.2, 0.25) is 0 Å². The van der Waals surface area contributed by atoms with Gasteiger partial charge in [-0.3, -0.25) is 9.59 Å². The highest BCUT2D eigenvalue weighted by atomic mass is 16.5. The van der Waals surface area contributed by atoms with E-state index in [9.17, 15) is 9.59 Å². The molecule has 1 fully saturated rings. The SMILES string of the molecule is COc1ccc(C(=O)CCC(=O)N2CCC[C@@H](Cn3ccnc3)C2)cc1. The number of hydrogen-bond donors (Lipinski definition) is 0. The van der Waals surface area contributed by atoms with Gasteiger partial charge in [0.2, 0.25) is 5.91 Å². The first-order chi connectivity index (χ1) is 12.7. The number of nitrogens with zero attached hydrogens (tertiary/aromatic N) is 3. The highest BCUT2D eigenvalue weighted by molar-refractivity contribution is 5.98. The van der Waals surface area contributed by atoms with Crippen LogP contribution in [-0.4, -0.2) is 46.3 Å². The quantitative estimate of drug-likeness (QED) is 0.717. The highest BCUT2D eigenvalue weighted by Crippen LogP contribution is 2.20. The van der Waals surface area contributed by atoms with Crippen molar-refractivity contribution >= 4 is 11.7 Å². The van der Waals surface area contributed by atoms with Crippen LogP contribution in [0.5, 0.6) is 5.75 Å². The monoisotopic (exact) mass is 355 g/mol. The Kier molecular flexibility index (Phi) is 6.04. The molecule has 138 valence electrons. The van der Waals surface area contributed by atoms with Crippen molar-refractivity contribution in [1.29, 1.82) is 0 Å². The molecule has 0 unspecified atom stereocenters. The van der Waals surface area contributed by atoms with E-state index in [1.54, 1.807) is 37.6 Å². The van der Waals surface area contributed by atoms with Crippen molar-refractivity contribution in [3.63, 3.8) is 0 Å². The van der Waals surface area contributed by atoms with E-state index in [2.05, 4.69) is 9.55 Å². The molecule has 1 aromatic heterocycles. The number of carbonyl (C=O) groups is 2. The first kappa shape index (κ1) is 18.2. The molecule has 1 atom stereocenters. The van der Waals surface area contributed by atoms with Gasteiger partial charge >= 0.3 is 0 Å². The average Bonchev–Trinajstić information content (AvgIpc) is 3.19. The minimum absolute atomic E-state index is 0.00650. The number of aromatic nitrogens is 2. The molecule has 26 heavy (non-hydrogen) atoms. The van der Waals surface area contributed by atoms with Gasteiger partial charge in [0.05, 0.1) is 13.4 Å². The summed E-state index contributed by atoms with van der Waals surface area (Å²) in [4.78, 5) is 30.8. The van der Waals surface area contributed by atoms with Gasteiger partial charge in [-0.15, -0.1) is 0 Å². The van der Waals surface area contributed by atoms with Crippen LogP contribution < -0.4 is 4.74 Å². The zero-order valence-electron chi connectivity index (χ0n) is 15.1. The van der Waals surface area contributed by atoms with Gasteiger partial charge in [-0.1, -0.05) is 0 Å². The zero-order chi connectivity index (χ0) is 18.4. The summed E-state index contributed by atoms with van der Waals surface area (Å²) in [6.45, 7) is 2.43. The van der Waals surface area contributed by atoms with Gasteiger partial charge in [-0.2, -0.15) is 0 Å². The maximum Gasteiger partial charge on any atom is 0.223 e. The van der Waals surface area contributed by atoms with Crippen LogP contribution in [0.3, 0.4) is 0 Å². The van der Waals surface area contributed by atoms with Crippen molar-refractivity contribution < 1.29 is 14.3 Å². The molecule has 0 saturated carbocycles. The van der Waals surface area contributed by atoms with Crippen molar-refractivity contribution in [2.45, 2.75) is 32.2 Å². The molecule has 3 rings (SSSR count). The average molecular weight is 355 g/mol. The first-order valence-corrected chi connectivity index (χ1v) is 9.06. The Balaban J connectivity index is 1.48. The van der Waals surface area contributed by atoms with E-state index < -0.39 is 0 Å². The van der Waals surface area contributed by atoms with E-state index >= 15 is 0 Å². The Hall–Kier alpha value is -2.63. The standard InChI is InChI=1S/C20H25N3O3/c1-26-18-6-4-17(5-7-18)19(24)8-9-20(25)23-11-2-3-16(14-23)13-22-12-10-21-15-22/h4-7,10,12,15-16H,2-3,8-9,11,13-14H2,1H3/t16-/m0/s1. The topological polar surface area (TPSA) is 64.4 Å². The smallest absolute Gasteiger partial charge is 0.223 e. The Morgan fingerprint density at radius 1 is 1.23 bits per heavy atom. The van der Waals surface area contributed by atoms with Crippen LogP contribution in [0, 0.1) is 5.92 Å². The maximum atomic E-state index is 12.5. The van der Waals surface area contributed by atoms with E-state index in [0.29, 0.717) is 11.5 Å². The Bertz CT molecular complexity index is 725. The summed E-state index contributed by atoms with van der Waals surface area (Å²) in [5.74, 6) is 1.23. The number of methoxy groups -OCH3 is 1. The number of carbonyl (C=O) groups excluding carboxylic acids is 2. The van der Waals surface area contributed by atoms with Crippen LogP contribution in [-0.2, 0) is 11.3 Å². The third-order valence-electron chi connectivity index (χ3n) is 4.88. The fourth-order valence-corrected chi connectivity index (χ4v) is 3.43. The lowest BCUT2D eigenvalue weighted by Crippen LogP contribution is -2.41. The molecular weight excluding hydrogens is 330 g/mol. The van der Waals surface area contributed by atoms with E-state index in [1.807, 2.05) is 17.4 Å². The number of imidazole rings is 1. The second-order valence-electron chi connectivity index (χ2n) is 6.76. The lowest BCUT2D eigenvalue weighted by molar-refractivity contribution is -0.133. The Morgan fingerprint density at radius 2 is 2.04 bits per heavy atom. The Morgan fingerprint density at radius 3 is 2.73 bits per heavy atom. The van der Waals surface area contributed by atoms with Crippen molar-refractivity contribution in [1.82, 2.24) is 14.5 Å². The molecule has 2 aromatic rings. The van der Waals surface area contributed by atoms with Crippen molar-refractivity contribution in [3.05, 3.63) is 48.5 Å². The van der Waals surface area contributed by atoms with E-state index in [0.717, 1.165) is 38.2 Å². The largest absolute Gasteiger partial charge is 0.497 e. The van der Waals surface area contributed by atoms with Crippen molar-refractivity contribution in [2.24, 2.45) is 5.92 Å². The number of likely N-dealkylation sites (tertiary alicyclic amines) is 1. The summed E-state index contributed by atoms with van der Waals surface area (Å²) in [5, 5.41) is 0. The minimum atomic E-state index is -0.00650. The van der Waals surface area contributed by atoms with Crippen molar-refractivity contribution in [3.8, 4) is 5.75 Å². The normalized spacial score (nSPS) is 17.1. The first-order valence-electron chi connectivity index (χ1n) is 9.06. The molecule has 1 aromatic carbocycles. The van der Waals surface area contributed by atoms with E-state index in [4.69, 9.17) is 4.74 Å². The predicted octanol–water partition coefficient (Wildman–Crippen LogP) is 2.79. The summed E-state index contributed by atoms with van der Waals surface area (Å²) in [6, 6.07) is 7.02. The molecule has 0 bridgehead atoms. The highest BCUT2D eigenvalue weighted by Gasteiger charge is 2.24. The summed E-state index contributed by atoms with van der Waals surface area (Å²) in [5.41, 5.74) is 0.621. The lowest BCUT2D eigenvalue weighted by Gasteiger charge is -2.33. The van der Waals surface area contributed by atoms with Crippen LogP contribution in [0.4, 0.5) is 0 Å². The minimum Gasteiger partial charge on any atom is -0.497 e. The summed E-state index contributed by atoms with van der Waals surface area (Å²) >= 11 is 0. The second-order valence-corrected chi connectivity index (χ2v) is 6.76. The number of amides is 1.